The van der Waals surface area contributed by atoms with Crippen molar-refractivity contribution in [3.8, 4) is 5.75 Å². The zero-order chi connectivity index (χ0) is 23.5. The maximum absolute atomic E-state index is 12.7. The predicted octanol–water partition coefficient (Wildman–Crippen LogP) is 4.08. The summed E-state index contributed by atoms with van der Waals surface area (Å²) in [6.07, 6.45) is 4.44. The van der Waals surface area contributed by atoms with Gasteiger partial charge < -0.3 is 19.7 Å². The molecule has 0 spiro atoms. The van der Waals surface area contributed by atoms with E-state index in [4.69, 9.17) is 9.47 Å². The first-order valence-electron chi connectivity index (χ1n) is 11.4. The molecule has 1 aliphatic carbocycles. The molecule has 180 valence electrons. The minimum absolute atomic E-state index is 0.0204. The number of ether oxygens (including phenoxy) is 2. The molecule has 2 fully saturated rings. The lowest BCUT2D eigenvalue weighted by atomic mass is 9.93. The third kappa shape index (κ3) is 5.14. The highest BCUT2D eigenvalue weighted by atomic mass is 19.4. The van der Waals surface area contributed by atoms with Crippen LogP contribution >= 0.6 is 0 Å². The van der Waals surface area contributed by atoms with Gasteiger partial charge in [0.1, 0.15) is 11.3 Å². The van der Waals surface area contributed by atoms with Gasteiger partial charge in [0.25, 0.3) is 0 Å². The van der Waals surface area contributed by atoms with Crippen LogP contribution < -0.4 is 15.0 Å². The van der Waals surface area contributed by atoms with Crippen molar-refractivity contribution in [2.45, 2.75) is 44.0 Å². The summed E-state index contributed by atoms with van der Waals surface area (Å²) in [5.74, 6) is -0.413. The van der Waals surface area contributed by atoms with Crippen LogP contribution in [-0.4, -0.2) is 58.4 Å². The summed E-state index contributed by atoms with van der Waals surface area (Å²) in [6, 6.07) is 4.19. The van der Waals surface area contributed by atoms with Crippen LogP contribution in [0, 0.1) is 0 Å². The minimum Gasteiger partial charge on any atom is -0.488 e. The topological polar surface area (TPSA) is 85.3 Å². The van der Waals surface area contributed by atoms with Gasteiger partial charge >= 0.3 is 6.18 Å². The standard InChI is InChI=1S/C23H25F3N6O2/c24-23(25,26)22-29-13-16(14-30-22)31-15-1-3-18(4-2-15)34-20-12-17(32-7-9-33-10-8-32)11-19-21(20)28-6-5-27-19/h5-6,11-15,18,31H,1-4,7-10H2/t15-,18+. The number of benzene rings is 1. The fourth-order valence-corrected chi connectivity index (χ4v) is 4.41. The van der Waals surface area contributed by atoms with Gasteiger partial charge in [-0.1, -0.05) is 0 Å². The van der Waals surface area contributed by atoms with Gasteiger partial charge in [-0.3, -0.25) is 4.98 Å². The molecule has 1 N–H and O–H groups in total. The molecule has 0 atom stereocenters. The summed E-state index contributed by atoms with van der Waals surface area (Å²) in [6.45, 7) is 3.01. The van der Waals surface area contributed by atoms with Crippen LogP contribution in [0.3, 0.4) is 0 Å². The second-order valence-corrected chi connectivity index (χ2v) is 8.50. The van der Waals surface area contributed by atoms with Gasteiger partial charge in [0, 0.05) is 43.3 Å². The smallest absolute Gasteiger partial charge is 0.451 e. The van der Waals surface area contributed by atoms with E-state index in [0.29, 0.717) is 18.9 Å². The Labute approximate surface area is 194 Å². The highest BCUT2D eigenvalue weighted by Gasteiger charge is 2.34. The first kappa shape index (κ1) is 22.6. The van der Waals surface area contributed by atoms with Crippen molar-refractivity contribution in [3.05, 3.63) is 42.7 Å². The molecular weight excluding hydrogens is 449 g/mol. The number of nitrogens with one attached hydrogen (secondary N) is 1. The van der Waals surface area contributed by atoms with E-state index < -0.39 is 12.0 Å². The molecule has 1 saturated carbocycles. The van der Waals surface area contributed by atoms with E-state index in [1.54, 1.807) is 12.4 Å². The third-order valence-corrected chi connectivity index (χ3v) is 6.14. The Kier molecular flexibility index (Phi) is 6.36. The lowest BCUT2D eigenvalue weighted by Gasteiger charge is -2.31. The second kappa shape index (κ2) is 9.57. The van der Waals surface area contributed by atoms with E-state index in [9.17, 15) is 13.2 Å². The van der Waals surface area contributed by atoms with Crippen LogP contribution in [0.2, 0.25) is 0 Å². The number of morpholine rings is 1. The van der Waals surface area contributed by atoms with Crippen molar-refractivity contribution in [2.75, 3.05) is 36.5 Å². The van der Waals surface area contributed by atoms with Crippen molar-refractivity contribution in [2.24, 2.45) is 0 Å². The zero-order valence-electron chi connectivity index (χ0n) is 18.5. The fourth-order valence-electron chi connectivity index (χ4n) is 4.41. The molecule has 3 aromatic rings. The van der Waals surface area contributed by atoms with Crippen LogP contribution in [0.4, 0.5) is 24.5 Å². The van der Waals surface area contributed by atoms with Crippen molar-refractivity contribution in [1.82, 2.24) is 19.9 Å². The Balaban J connectivity index is 1.23. The molecule has 2 aromatic heterocycles. The molecule has 3 heterocycles. The molecule has 8 nitrogen and oxygen atoms in total. The minimum atomic E-state index is -4.54. The Morgan fingerprint density at radius 2 is 1.65 bits per heavy atom. The molecule has 1 aliphatic heterocycles. The molecule has 2 aliphatic rings. The number of anilines is 2. The number of aromatic nitrogens is 4. The number of fused-ring (bicyclic) bond motifs is 1. The summed E-state index contributed by atoms with van der Waals surface area (Å²) in [7, 11) is 0. The molecule has 1 saturated heterocycles. The van der Waals surface area contributed by atoms with E-state index in [1.807, 2.05) is 12.1 Å². The molecule has 34 heavy (non-hydrogen) atoms. The van der Waals surface area contributed by atoms with Gasteiger partial charge in [-0.15, -0.1) is 0 Å². The van der Waals surface area contributed by atoms with Crippen LogP contribution in [0.1, 0.15) is 31.5 Å². The van der Waals surface area contributed by atoms with E-state index in [2.05, 4.69) is 30.2 Å². The maximum Gasteiger partial charge on any atom is 0.451 e. The van der Waals surface area contributed by atoms with Gasteiger partial charge in [0.2, 0.25) is 5.82 Å². The van der Waals surface area contributed by atoms with Gasteiger partial charge in [-0.05, 0) is 31.7 Å². The largest absolute Gasteiger partial charge is 0.488 e. The number of halogens is 3. The monoisotopic (exact) mass is 474 g/mol. The van der Waals surface area contributed by atoms with Gasteiger partial charge in [-0.25, -0.2) is 15.0 Å². The molecule has 0 unspecified atom stereocenters. The van der Waals surface area contributed by atoms with Crippen molar-refractivity contribution in [1.29, 1.82) is 0 Å². The van der Waals surface area contributed by atoms with E-state index in [1.165, 1.54) is 12.4 Å². The third-order valence-electron chi connectivity index (χ3n) is 6.14. The molecule has 0 radical (unpaired) electrons. The number of nitrogens with zero attached hydrogens (tertiary/aromatic N) is 5. The van der Waals surface area contributed by atoms with Crippen LogP contribution in [0.25, 0.3) is 11.0 Å². The zero-order valence-corrected chi connectivity index (χ0v) is 18.5. The predicted molar refractivity (Wildman–Crippen MR) is 120 cm³/mol. The van der Waals surface area contributed by atoms with E-state index in [-0.39, 0.29) is 12.1 Å². The Bertz CT molecular complexity index is 1110. The van der Waals surface area contributed by atoms with Crippen LogP contribution in [0.5, 0.6) is 5.75 Å². The Hall–Kier alpha value is -3.21. The summed E-state index contributed by atoms with van der Waals surface area (Å²) in [5.41, 5.74) is 3.06. The molecule has 5 rings (SSSR count). The quantitative estimate of drug-likeness (QED) is 0.592. The molecule has 0 amide bonds. The number of rotatable bonds is 5. The number of alkyl halides is 3. The lowest BCUT2D eigenvalue weighted by molar-refractivity contribution is -0.144. The average Bonchev–Trinajstić information content (AvgIpc) is 2.85. The maximum atomic E-state index is 12.7. The summed E-state index contributed by atoms with van der Waals surface area (Å²) in [4.78, 5) is 18.1. The van der Waals surface area contributed by atoms with Crippen LogP contribution in [-0.2, 0) is 10.9 Å². The number of hydrogen-bond donors (Lipinski definition) is 1. The number of hydrogen-bond acceptors (Lipinski definition) is 8. The lowest BCUT2D eigenvalue weighted by Crippen LogP contribution is -2.36. The SMILES string of the molecule is FC(F)(F)c1ncc(N[C@H]2CC[C@@H](Oc3cc(N4CCOCC4)cc4nccnc34)CC2)cn1. The fraction of sp³-hybridized carbons (Fsp3) is 0.478. The Morgan fingerprint density at radius 1 is 0.941 bits per heavy atom. The highest BCUT2D eigenvalue weighted by molar-refractivity contribution is 5.85. The first-order valence-corrected chi connectivity index (χ1v) is 11.4. The average molecular weight is 474 g/mol. The van der Waals surface area contributed by atoms with Gasteiger partial charge in [-0.2, -0.15) is 13.2 Å². The second-order valence-electron chi connectivity index (χ2n) is 8.50. The highest BCUT2D eigenvalue weighted by Crippen LogP contribution is 2.33. The van der Waals surface area contributed by atoms with Crippen molar-refractivity contribution in [3.63, 3.8) is 0 Å². The summed E-state index contributed by atoms with van der Waals surface area (Å²) < 4.78 is 49.8. The van der Waals surface area contributed by atoms with E-state index in [0.717, 1.165) is 61.2 Å². The molecule has 11 heteroatoms. The summed E-state index contributed by atoms with van der Waals surface area (Å²) >= 11 is 0. The normalized spacial score (nSPS) is 21.4. The van der Waals surface area contributed by atoms with Crippen molar-refractivity contribution < 1.29 is 22.6 Å². The molecule has 0 bridgehead atoms. The van der Waals surface area contributed by atoms with Crippen LogP contribution in [0.15, 0.2) is 36.9 Å². The first-order chi connectivity index (χ1) is 16.5. The summed E-state index contributed by atoms with van der Waals surface area (Å²) in [5, 5.41) is 3.24. The Morgan fingerprint density at radius 3 is 2.35 bits per heavy atom. The van der Waals surface area contributed by atoms with Gasteiger partial charge in [0.15, 0.2) is 0 Å². The van der Waals surface area contributed by atoms with E-state index >= 15 is 0 Å². The van der Waals surface area contributed by atoms with Crippen molar-refractivity contribution >= 4 is 22.4 Å². The molecule has 1 aromatic carbocycles. The molecular formula is C23H25F3N6O2. The van der Waals surface area contributed by atoms with Gasteiger partial charge in [0.05, 0.1) is 42.9 Å².